The number of nitriles is 1. The van der Waals surface area contributed by atoms with Crippen LogP contribution >= 0.6 is 0 Å². The first-order valence-electron chi connectivity index (χ1n) is 5.62. The molecule has 3 nitrogen and oxygen atoms in total. The Kier molecular flexibility index (Phi) is 3.43. The van der Waals surface area contributed by atoms with Crippen molar-refractivity contribution in [2.75, 3.05) is 19.7 Å². The number of para-hydroxylation sites is 1. The topological polar surface area (TPSA) is 36.3 Å². The van der Waals surface area contributed by atoms with Gasteiger partial charge in [0.15, 0.2) is 0 Å². The van der Waals surface area contributed by atoms with E-state index >= 15 is 0 Å². The van der Waals surface area contributed by atoms with E-state index in [2.05, 4.69) is 17.0 Å². The molecule has 3 heteroatoms. The molecule has 1 aromatic rings. The highest BCUT2D eigenvalue weighted by Crippen LogP contribution is 2.22. The van der Waals surface area contributed by atoms with Gasteiger partial charge in [0.25, 0.3) is 0 Å². The van der Waals surface area contributed by atoms with E-state index in [4.69, 9.17) is 10.00 Å². The van der Waals surface area contributed by atoms with Crippen LogP contribution in [0.2, 0.25) is 0 Å². The summed E-state index contributed by atoms with van der Waals surface area (Å²) in [5.41, 5.74) is 1.21. The van der Waals surface area contributed by atoms with Crippen molar-refractivity contribution >= 4 is 0 Å². The van der Waals surface area contributed by atoms with E-state index in [0.29, 0.717) is 6.61 Å². The minimum absolute atomic E-state index is 0.0743. The van der Waals surface area contributed by atoms with E-state index in [0.717, 1.165) is 25.4 Å². The van der Waals surface area contributed by atoms with Crippen LogP contribution in [-0.2, 0) is 6.54 Å². The van der Waals surface area contributed by atoms with E-state index in [1.807, 2.05) is 25.1 Å². The lowest BCUT2D eigenvalue weighted by molar-refractivity contribution is 0.214. The van der Waals surface area contributed by atoms with Crippen molar-refractivity contribution in [2.24, 2.45) is 5.92 Å². The van der Waals surface area contributed by atoms with Gasteiger partial charge in [0.1, 0.15) is 12.4 Å². The van der Waals surface area contributed by atoms with Crippen molar-refractivity contribution in [3.05, 3.63) is 29.8 Å². The first-order chi connectivity index (χ1) is 7.79. The summed E-state index contributed by atoms with van der Waals surface area (Å²) in [5.74, 6) is 1.06. The summed E-state index contributed by atoms with van der Waals surface area (Å²) in [6.45, 7) is 5.24. The fourth-order valence-corrected chi connectivity index (χ4v) is 1.96. The molecule has 0 saturated carbocycles. The van der Waals surface area contributed by atoms with E-state index in [1.54, 1.807) is 0 Å². The lowest BCUT2D eigenvalue weighted by atomic mass is 10.1. The molecule has 0 aromatic heterocycles. The number of rotatable bonds is 2. The predicted octanol–water partition coefficient (Wildman–Crippen LogP) is 2.04. The Labute approximate surface area is 96.2 Å². The Hall–Kier alpha value is -1.53. The lowest BCUT2D eigenvalue weighted by Gasteiger charge is -2.20. The average Bonchev–Trinajstić information content (AvgIpc) is 2.50. The number of hydrogen-bond acceptors (Lipinski definition) is 3. The largest absolute Gasteiger partial charge is 0.492 e. The van der Waals surface area contributed by atoms with Crippen LogP contribution in [0, 0.1) is 17.2 Å². The molecule has 1 heterocycles. The summed E-state index contributed by atoms with van der Waals surface area (Å²) in [6.07, 6.45) is 0. The number of hydrogen-bond donors (Lipinski definition) is 0. The van der Waals surface area contributed by atoms with Gasteiger partial charge in [-0.1, -0.05) is 18.2 Å². The zero-order valence-electron chi connectivity index (χ0n) is 9.52. The van der Waals surface area contributed by atoms with E-state index in [1.165, 1.54) is 5.56 Å². The molecule has 0 N–H and O–H groups in total. The molecule has 1 aromatic carbocycles. The van der Waals surface area contributed by atoms with Gasteiger partial charge in [-0.05, 0) is 13.0 Å². The lowest BCUT2D eigenvalue weighted by Crippen LogP contribution is -2.29. The minimum atomic E-state index is 0.0743. The van der Waals surface area contributed by atoms with Crippen LogP contribution in [0.15, 0.2) is 24.3 Å². The van der Waals surface area contributed by atoms with Crippen LogP contribution in [0.4, 0.5) is 0 Å². The van der Waals surface area contributed by atoms with Crippen LogP contribution < -0.4 is 4.74 Å². The van der Waals surface area contributed by atoms with Crippen LogP contribution in [0.3, 0.4) is 0 Å². The Morgan fingerprint density at radius 2 is 2.31 bits per heavy atom. The van der Waals surface area contributed by atoms with E-state index in [-0.39, 0.29) is 5.92 Å². The van der Waals surface area contributed by atoms with Gasteiger partial charge in [0.05, 0.1) is 12.0 Å². The van der Waals surface area contributed by atoms with E-state index < -0.39 is 0 Å². The first-order valence-corrected chi connectivity index (χ1v) is 5.62. The molecule has 2 rings (SSSR count). The standard InChI is InChI=1S/C13H16N2O/c1-11(8-14)9-15-6-7-16-13-5-3-2-4-12(13)10-15/h2-5,11H,6-7,9-10H2,1H3. The highest BCUT2D eigenvalue weighted by molar-refractivity contribution is 5.33. The van der Waals surface area contributed by atoms with Gasteiger partial charge < -0.3 is 4.74 Å². The summed E-state index contributed by atoms with van der Waals surface area (Å²) < 4.78 is 5.67. The molecule has 0 fully saturated rings. The van der Waals surface area contributed by atoms with Gasteiger partial charge >= 0.3 is 0 Å². The maximum absolute atomic E-state index is 8.82. The molecular formula is C13H16N2O. The van der Waals surface area contributed by atoms with Gasteiger partial charge in [-0.3, -0.25) is 4.90 Å². The molecule has 0 spiro atoms. The third-order valence-electron chi connectivity index (χ3n) is 2.78. The van der Waals surface area contributed by atoms with Gasteiger partial charge in [0.2, 0.25) is 0 Å². The quantitative estimate of drug-likeness (QED) is 0.759. The second kappa shape index (κ2) is 5.00. The average molecular weight is 216 g/mol. The fraction of sp³-hybridized carbons (Fsp3) is 0.462. The fourth-order valence-electron chi connectivity index (χ4n) is 1.96. The maximum Gasteiger partial charge on any atom is 0.123 e. The molecule has 1 aliphatic heterocycles. The van der Waals surface area contributed by atoms with Crippen LogP contribution in [0.25, 0.3) is 0 Å². The smallest absolute Gasteiger partial charge is 0.123 e. The Balaban J connectivity index is 2.08. The second-order valence-corrected chi connectivity index (χ2v) is 4.22. The van der Waals surface area contributed by atoms with Crippen LogP contribution in [0.5, 0.6) is 5.75 Å². The summed E-state index contributed by atoms with van der Waals surface area (Å²) in [4.78, 5) is 2.28. The van der Waals surface area contributed by atoms with Crippen molar-refractivity contribution in [1.82, 2.24) is 4.90 Å². The molecule has 84 valence electrons. The zero-order valence-corrected chi connectivity index (χ0v) is 9.52. The van der Waals surface area contributed by atoms with E-state index in [9.17, 15) is 0 Å². The molecule has 1 unspecified atom stereocenters. The van der Waals surface area contributed by atoms with Crippen LogP contribution in [-0.4, -0.2) is 24.6 Å². The monoisotopic (exact) mass is 216 g/mol. The van der Waals surface area contributed by atoms with Crippen molar-refractivity contribution in [1.29, 1.82) is 5.26 Å². The van der Waals surface area contributed by atoms with Crippen LogP contribution in [0.1, 0.15) is 12.5 Å². The van der Waals surface area contributed by atoms with Crippen molar-refractivity contribution in [3.8, 4) is 11.8 Å². The summed E-state index contributed by atoms with van der Waals surface area (Å²) in [5, 5.41) is 8.82. The van der Waals surface area contributed by atoms with Gasteiger partial charge in [-0.2, -0.15) is 5.26 Å². The molecule has 1 aliphatic rings. The summed E-state index contributed by atoms with van der Waals surface area (Å²) >= 11 is 0. The molecule has 0 saturated heterocycles. The number of ether oxygens (including phenoxy) is 1. The highest BCUT2D eigenvalue weighted by atomic mass is 16.5. The highest BCUT2D eigenvalue weighted by Gasteiger charge is 2.16. The molecule has 0 aliphatic carbocycles. The first kappa shape index (κ1) is 11.0. The summed E-state index contributed by atoms with van der Waals surface area (Å²) in [6, 6.07) is 10.4. The van der Waals surface area contributed by atoms with Gasteiger partial charge in [-0.15, -0.1) is 0 Å². The molecule has 1 atom stereocenters. The minimum Gasteiger partial charge on any atom is -0.492 e. The molecule has 0 bridgehead atoms. The zero-order chi connectivity index (χ0) is 11.4. The molecular weight excluding hydrogens is 200 g/mol. The van der Waals surface area contributed by atoms with Gasteiger partial charge in [-0.25, -0.2) is 0 Å². The Morgan fingerprint density at radius 1 is 1.50 bits per heavy atom. The second-order valence-electron chi connectivity index (χ2n) is 4.22. The van der Waals surface area contributed by atoms with Crippen molar-refractivity contribution < 1.29 is 4.74 Å². The third kappa shape index (κ3) is 2.53. The number of benzene rings is 1. The number of nitrogens with zero attached hydrogens (tertiary/aromatic N) is 2. The predicted molar refractivity (Wildman–Crippen MR) is 62.0 cm³/mol. The normalized spacial score (nSPS) is 17.8. The van der Waals surface area contributed by atoms with Crippen molar-refractivity contribution in [3.63, 3.8) is 0 Å². The molecule has 16 heavy (non-hydrogen) atoms. The maximum atomic E-state index is 8.82. The molecule has 0 amide bonds. The third-order valence-corrected chi connectivity index (χ3v) is 2.78. The number of fused-ring (bicyclic) bond motifs is 1. The Morgan fingerprint density at radius 3 is 3.12 bits per heavy atom. The van der Waals surface area contributed by atoms with Gasteiger partial charge in [0, 0.05) is 25.2 Å². The molecule has 0 radical (unpaired) electrons. The summed E-state index contributed by atoms with van der Waals surface area (Å²) in [7, 11) is 0. The Bertz CT molecular complexity index is 397. The van der Waals surface area contributed by atoms with Crippen molar-refractivity contribution in [2.45, 2.75) is 13.5 Å². The SMILES string of the molecule is CC(C#N)CN1CCOc2ccccc2C1.